The van der Waals surface area contributed by atoms with Crippen molar-refractivity contribution < 1.29 is 33.6 Å². The van der Waals surface area contributed by atoms with Gasteiger partial charge in [0.15, 0.2) is 0 Å². The fraction of sp³-hybridized carbons (Fsp3) is 0.750. The lowest BCUT2D eigenvalue weighted by molar-refractivity contribution is -0.439. The van der Waals surface area contributed by atoms with Crippen LogP contribution in [0.1, 0.15) is 0 Å². The quantitative estimate of drug-likeness (QED) is 0.329. The zero-order valence-corrected chi connectivity index (χ0v) is 10.0. The van der Waals surface area contributed by atoms with Crippen LogP contribution in [-0.4, -0.2) is 52.5 Å². The average Bonchev–Trinajstić information content (AvgIpc) is 2.28. The highest BCUT2D eigenvalue weighted by Crippen LogP contribution is 2.21. The van der Waals surface area contributed by atoms with Crippen molar-refractivity contribution in [1.29, 1.82) is 0 Å². The molecular formula is C8H16N2O7. The van der Waals surface area contributed by atoms with E-state index in [1.165, 1.54) is 14.2 Å². The number of nitrogens with two attached hydrogens (primary N) is 1. The number of ether oxygens (including phenoxy) is 3. The molecule has 0 fully saturated rings. The smallest absolute Gasteiger partial charge is 0.332 e. The molecule has 1 unspecified atom stereocenters. The normalized spacial score (nSPS) is 14.4. The monoisotopic (exact) mass is 252 g/mol. The minimum absolute atomic E-state index is 1.02. The average molecular weight is 252 g/mol. The Kier molecular flexibility index (Phi) is 6.61. The summed E-state index contributed by atoms with van der Waals surface area (Å²) < 4.78 is 14.6. The highest BCUT2D eigenvalue weighted by atomic mass is 17.2. The molecule has 3 amide bonds. The number of nitrogens with one attached hydrogen (secondary N) is 1. The van der Waals surface area contributed by atoms with Crippen LogP contribution < -0.4 is 11.1 Å². The third-order valence-electron chi connectivity index (χ3n) is 1.80. The summed E-state index contributed by atoms with van der Waals surface area (Å²) in [6, 6.07) is -1.08. The van der Waals surface area contributed by atoms with Crippen LogP contribution in [0.2, 0.25) is 0 Å². The molecule has 9 nitrogen and oxygen atoms in total. The van der Waals surface area contributed by atoms with Gasteiger partial charge >= 0.3 is 11.8 Å². The minimum atomic E-state index is -2.12. The van der Waals surface area contributed by atoms with Crippen LogP contribution in [0, 0.1) is 0 Å². The van der Waals surface area contributed by atoms with Gasteiger partial charge in [0.25, 0.3) is 5.91 Å². The zero-order chi connectivity index (χ0) is 13.5. The van der Waals surface area contributed by atoms with E-state index in [-0.39, 0.29) is 0 Å². The lowest BCUT2D eigenvalue weighted by Crippen LogP contribution is -2.60. The van der Waals surface area contributed by atoms with Crippen LogP contribution in [-0.2, 0) is 28.8 Å². The second kappa shape index (κ2) is 7.14. The first-order chi connectivity index (χ1) is 7.98. The third-order valence-corrected chi connectivity index (χ3v) is 1.80. The highest BCUT2D eigenvalue weighted by molar-refractivity contribution is 5.97. The molecule has 0 saturated heterocycles. The molecular weight excluding hydrogens is 236 g/mol. The van der Waals surface area contributed by atoms with Gasteiger partial charge in [-0.3, -0.25) is 10.1 Å². The molecule has 3 N–H and O–H groups in total. The molecule has 0 aromatic rings. The molecule has 0 saturated carbocycles. The first kappa shape index (κ1) is 15.7. The molecule has 1 atom stereocenters. The molecule has 0 aliphatic heterocycles. The van der Waals surface area contributed by atoms with Crippen LogP contribution in [0.3, 0.4) is 0 Å². The number of rotatable bonds is 7. The molecule has 17 heavy (non-hydrogen) atoms. The molecule has 0 heterocycles. The second-order valence-corrected chi connectivity index (χ2v) is 2.74. The fourth-order valence-corrected chi connectivity index (χ4v) is 1.14. The molecule has 0 radical (unpaired) electrons. The SMILES string of the molecule is COOC(OC)(C(=O)NC(N)=O)C(OC)OC. The molecule has 0 spiro atoms. The van der Waals surface area contributed by atoms with Gasteiger partial charge in [-0.15, -0.1) is 0 Å². The molecule has 0 aromatic heterocycles. The van der Waals surface area contributed by atoms with Crippen LogP contribution in [0.15, 0.2) is 0 Å². The number of primary amides is 1. The summed E-state index contributed by atoms with van der Waals surface area (Å²) in [5.74, 6) is -3.14. The first-order valence-electron chi connectivity index (χ1n) is 4.41. The van der Waals surface area contributed by atoms with E-state index in [0.29, 0.717) is 0 Å². The van der Waals surface area contributed by atoms with Crippen LogP contribution in [0.4, 0.5) is 4.79 Å². The Balaban J connectivity index is 5.17. The van der Waals surface area contributed by atoms with Gasteiger partial charge in [0.1, 0.15) is 0 Å². The molecule has 0 bridgehead atoms. The molecule has 0 aromatic carbocycles. The van der Waals surface area contributed by atoms with E-state index < -0.39 is 24.0 Å². The van der Waals surface area contributed by atoms with Gasteiger partial charge in [-0.2, -0.15) is 4.89 Å². The van der Waals surface area contributed by atoms with Crippen molar-refractivity contribution in [2.75, 3.05) is 28.4 Å². The predicted molar refractivity (Wildman–Crippen MR) is 53.4 cm³/mol. The lowest BCUT2D eigenvalue weighted by atomic mass is 10.2. The molecule has 0 aliphatic carbocycles. The van der Waals surface area contributed by atoms with Gasteiger partial charge in [0, 0.05) is 21.3 Å². The topological polar surface area (TPSA) is 118 Å². The maximum absolute atomic E-state index is 11.8. The van der Waals surface area contributed by atoms with E-state index in [4.69, 9.17) is 24.8 Å². The standard InChI is InChI=1S/C8H16N2O7/c1-13-6(14-2)8(15-3,17-16-4)5(11)10-7(9)12/h6H,1-4H3,(H3,9,10,11,12). The van der Waals surface area contributed by atoms with Gasteiger partial charge in [0.05, 0.1) is 7.11 Å². The van der Waals surface area contributed by atoms with E-state index in [2.05, 4.69) is 4.89 Å². The summed E-state index contributed by atoms with van der Waals surface area (Å²) in [5, 5.41) is 1.78. The molecule has 0 aliphatic rings. The van der Waals surface area contributed by atoms with Crippen LogP contribution >= 0.6 is 0 Å². The number of imide groups is 1. The summed E-state index contributed by atoms with van der Waals surface area (Å²) in [4.78, 5) is 31.5. The van der Waals surface area contributed by atoms with E-state index in [0.717, 1.165) is 14.2 Å². The van der Waals surface area contributed by atoms with E-state index >= 15 is 0 Å². The zero-order valence-electron chi connectivity index (χ0n) is 10.0. The summed E-state index contributed by atoms with van der Waals surface area (Å²) in [7, 11) is 4.79. The number of carbonyl (C=O) groups is 2. The van der Waals surface area contributed by atoms with Crippen molar-refractivity contribution >= 4 is 11.9 Å². The Bertz CT molecular complexity index is 269. The van der Waals surface area contributed by atoms with Crippen molar-refractivity contribution in [3.8, 4) is 0 Å². The maximum atomic E-state index is 11.8. The van der Waals surface area contributed by atoms with Gasteiger partial charge in [-0.1, -0.05) is 0 Å². The number of hydrogen-bond donors (Lipinski definition) is 2. The number of urea groups is 1. The molecule has 0 rings (SSSR count). The lowest BCUT2D eigenvalue weighted by Gasteiger charge is -2.33. The van der Waals surface area contributed by atoms with Gasteiger partial charge in [0.2, 0.25) is 6.29 Å². The summed E-state index contributed by atoms with van der Waals surface area (Å²) in [6.07, 6.45) is -1.27. The number of amides is 3. The van der Waals surface area contributed by atoms with Gasteiger partial charge in [-0.05, 0) is 0 Å². The minimum Gasteiger partial charge on any atom is -0.351 e. The Labute approximate surface area is 98.0 Å². The van der Waals surface area contributed by atoms with E-state index in [1.54, 1.807) is 5.32 Å². The number of methoxy groups -OCH3 is 3. The van der Waals surface area contributed by atoms with E-state index in [9.17, 15) is 9.59 Å². The van der Waals surface area contributed by atoms with Gasteiger partial charge in [-0.25, -0.2) is 9.68 Å². The molecule has 100 valence electrons. The highest BCUT2D eigenvalue weighted by Gasteiger charge is 2.51. The molecule has 9 heteroatoms. The maximum Gasteiger partial charge on any atom is 0.332 e. The second-order valence-electron chi connectivity index (χ2n) is 2.74. The predicted octanol–water partition coefficient (Wildman–Crippen LogP) is -1.28. The van der Waals surface area contributed by atoms with Crippen molar-refractivity contribution in [2.45, 2.75) is 12.1 Å². The Hall–Kier alpha value is -1.26. The summed E-state index contributed by atoms with van der Waals surface area (Å²) in [6.45, 7) is 0. The largest absolute Gasteiger partial charge is 0.351 e. The fourth-order valence-electron chi connectivity index (χ4n) is 1.14. The van der Waals surface area contributed by atoms with Crippen molar-refractivity contribution in [3.05, 3.63) is 0 Å². The Morgan fingerprint density at radius 1 is 1.18 bits per heavy atom. The van der Waals surface area contributed by atoms with E-state index in [1.807, 2.05) is 0 Å². The van der Waals surface area contributed by atoms with Gasteiger partial charge < -0.3 is 19.9 Å². The Morgan fingerprint density at radius 2 is 1.71 bits per heavy atom. The first-order valence-corrected chi connectivity index (χ1v) is 4.41. The number of hydrogen-bond acceptors (Lipinski definition) is 7. The third kappa shape index (κ3) is 3.61. The van der Waals surface area contributed by atoms with Crippen LogP contribution in [0.5, 0.6) is 0 Å². The van der Waals surface area contributed by atoms with Crippen molar-refractivity contribution in [2.24, 2.45) is 5.73 Å². The van der Waals surface area contributed by atoms with Crippen LogP contribution in [0.25, 0.3) is 0 Å². The summed E-state index contributed by atoms with van der Waals surface area (Å²) in [5.41, 5.74) is 4.82. The van der Waals surface area contributed by atoms with Crippen molar-refractivity contribution in [3.63, 3.8) is 0 Å². The number of carbonyl (C=O) groups excluding carboxylic acids is 2. The summed E-state index contributed by atoms with van der Waals surface area (Å²) >= 11 is 0. The Morgan fingerprint density at radius 3 is 2.00 bits per heavy atom. The van der Waals surface area contributed by atoms with Crippen molar-refractivity contribution in [1.82, 2.24) is 5.32 Å².